The molecule has 0 radical (unpaired) electrons. The van der Waals surface area contributed by atoms with Gasteiger partial charge in [-0.05, 0) is 53.5 Å². The van der Waals surface area contributed by atoms with Gasteiger partial charge in [0.25, 0.3) is 10.0 Å². The topological polar surface area (TPSA) is 46.2 Å². The summed E-state index contributed by atoms with van der Waals surface area (Å²) in [5.41, 5.74) is 2.63. The van der Waals surface area contributed by atoms with E-state index in [0.29, 0.717) is 9.90 Å². The molecular weight excluding hydrogens is 334 g/mol. The Hall–Kier alpha value is -0.850. The van der Waals surface area contributed by atoms with Crippen LogP contribution in [0.15, 0.2) is 38.3 Å². The molecule has 0 saturated heterocycles. The van der Waals surface area contributed by atoms with Gasteiger partial charge in [0, 0.05) is 0 Å². The van der Waals surface area contributed by atoms with E-state index in [9.17, 15) is 8.42 Å². The fourth-order valence-corrected chi connectivity index (χ4v) is 4.71. The van der Waals surface area contributed by atoms with Crippen molar-refractivity contribution in [1.82, 2.24) is 0 Å². The van der Waals surface area contributed by atoms with Crippen LogP contribution in [0.25, 0.3) is 0 Å². The van der Waals surface area contributed by atoms with Crippen LogP contribution in [-0.2, 0) is 10.0 Å². The number of benzene rings is 1. The maximum Gasteiger partial charge on any atom is 0.271 e. The van der Waals surface area contributed by atoms with E-state index in [2.05, 4.69) is 20.7 Å². The molecule has 1 N–H and O–H groups in total. The number of anilines is 1. The first kappa shape index (κ1) is 13.6. The molecule has 2 aromatic rings. The third-order valence-electron chi connectivity index (χ3n) is 2.44. The van der Waals surface area contributed by atoms with Gasteiger partial charge in [-0.15, -0.1) is 11.3 Å². The van der Waals surface area contributed by atoms with Crippen molar-refractivity contribution in [3.63, 3.8) is 0 Å². The summed E-state index contributed by atoms with van der Waals surface area (Å²) in [4.78, 5) is 0. The van der Waals surface area contributed by atoms with Crippen LogP contribution < -0.4 is 4.72 Å². The number of aryl methyl sites for hydroxylation is 2. The Kier molecular flexibility index (Phi) is 3.79. The molecular formula is C12H12BrNO2S2. The van der Waals surface area contributed by atoms with Crippen molar-refractivity contribution in [3.05, 3.63) is 45.2 Å². The minimum atomic E-state index is -3.49. The van der Waals surface area contributed by atoms with Crippen molar-refractivity contribution in [1.29, 1.82) is 0 Å². The zero-order chi connectivity index (χ0) is 13.3. The Morgan fingerprint density at radius 3 is 2.44 bits per heavy atom. The summed E-state index contributed by atoms with van der Waals surface area (Å²) in [6.07, 6.45) is 0. The molecule has 0 aliphatic rings. The Morgan fingerprint density at radius 1 is 1.17 bits per heavy atom. The summed E-state index contributed by atoms with van der Waals surface area (Å²) < 4.78 is 28.0. The Labute approximate surface area is 119 Å². The van der Waals surface area contributed by atoms with Crippen LogP contribution in [-0.4, -0.2) is 8.42 Å². The first-order valence-electron chi connectivity index (χ1n) is 5.24. The number of hydrogen-bond donors (Lipinski definition) is 1. The first-order valence-corrected chi connectivity index (χ1v) is 8.33. The Bertz CT molecular complexity index is 677. The molecule has 1 aromatic heterocycles. The van der Waals surface area contributed by atoms with Gasteiger partial charge in [0.15, 0.2) is 0 Å². The largest absolute Gasteiger partial charge is 0.279 e. The fraction of sp³-hybridized carbons (Fsp3) is 0.167. The van der Waals surface area contributed by atoms with E-state index in [-0.39, 0.29) is 0 Å². The second-order valence-electron chi connectivity index (χ2n) is 3.98. The van der Waals surface area contributed by atoms with Gasteiger partial charge in [-0.25, -0.2) is 8.42 Å². The number of halogens is 1. The summed E-state index contributed by atoms with van der Waals surface area (Å²) in [7, 11) is -3.49. The lowest BCUT2D eigenvalue weighted by molar-refractivity contribution is 0.603. The van der Waals surface area contributed by atoms with Gasteiger partial charge in [-0.1, -0.05) is 17.7 Å². The van der Waals surface area contributed by atoms with Gasteiger partial charge < -0.3 is 0 Å². The van der Waals surface area contributed by atoms with Crippen LogP contribution in [0, 0.1) is 13.8 Å². The molecule has 0 amide bonds. The smallest absolute Gasteiger partial charge is 0.271 e. The quantitative estimate of drug-likeness (QED) is 0.915. The summed E-state index contributed by atoms with van der Waals surface area (Å²) in [6.45, 7) is 3.86. The molecule has 0 saturated carbocycles. The van der Waals surface area contributed by atoms with Crippen LogP contribution in [0.4, 0.5) is 5.69 Å². The van der Waals surface area contributed by atoms with Crippen molar-refractivity contribution in [3.8, 4) is 0 Å². The zero-order valence-electron chi connectivity index (χ0n) is 9.90. The summed E-state index contributed by atoms with van der Waals surface area (Å²) in [6, 6.07) is 8.92. The van der Waals surface area contributed by atoms with Crippen molar-refractivity contribution >= 4 is 43.0 Å². The molecule has 6 heteroatoms. The van der Waals surface area contributed by atoms with Gasteiger partial charge in [-0.2, -0.15) is 0 Å². The maximum atomic E-state index is 12.1. The number of rotatable bonds is 3. The summed E-state index contributed by atoms with van der Waals surface area (Å²) in [5, 5.41) is 0. The van der Waals surface area contributed by atoms with E-state index in [0.717, 1.165) is 14.9 Å². The minimum Gasteiger partial charge on any atom is -0.279 e. The van der Waals surface area contributed by atoms with E-state index >= 15 is 0 Å². The third kappa shape index (κ3) is 2.93. The van der Waals surface area contributed by atoms with Gasteiger partial charge in [0.1, 0.15) is 4.21 Å². The second-order valence-corrected chi connectivity index (χ2v) is 8.35. The highest BCUT2D eigenvalue weighted by Crippen LogP contribution is 2.28. The second kappa shape index (κ2) is 5.03. The van der Waals surface area contributed by atoms with Gasteiger partial charge in [0.2, 0.25) is 0 Å². The minimum absolute atomic E-state index is 0.300. The van der Waals surface area contributed by atoms with E-state index in [1.54, 1.807) is 18.2 Å². The Balaban J connectivity index is 2.33. The standard InChI is InChI=1S/C12H12BrNO2S2/c1-8-3-4-10(9(2)7-8)14-18(15,16)12-6-5-11(13)17-12/h3-7,14H,1-2H3. The highest BCUT2D eigenvalue weighted by molar-refractivity contribution is 9.11. The average molecular weight is 346 g/mol. The number of nitrogens with one attached hydrogen (secondary N) is 1. The first-order chi connectivity index (χ1) is 8.38. The lowest BCUT2D eigenvalue weighted by Gasteiger charge is -2.09. The molecule has 0 unspecified atom stereocenters. The Morgan fingerprint density at radius 2 is 1.89 bits per heavy atom. The van der Waals surface area contributed by atoms with Crippen LogP contribution in [0.2, 0.25) is 0 Å². The van der Waals surface area contributed by atoms with Crippen molar-refractivity contribution in [2.45, 2.75) is 18.1 Å². The van der Waals surface area contributed by atoms with Crippen molar-refractivity contribution < 1.29 is 8.42 Å². The molecule has 3 nitrogen and oxygen atoms in total. The van der Waals surface area contributed by atoms with Crippen LogP contribution in [0.5, 0.6) is 0 Å². The number of hydrogen-bond acceptors (Lipinski definition) is 3. The molecule has 0 aliphatic carbocycles. The van der Waals surface area contributed by atoms with Crippen molar-refractivity contribution in [2.75, 3.05) is 4.72 Å². The van der Waals surface area contributed by atoms with E-state index in [1.807, 2.05) is 26.0 Å². The number of thiophene rings is 1. The normalized spacial score (nSPS) is 11.5. The monoisotopic (exact) mass is 345 g/mol. The molecule has 18 heavy (non-hydrogen) atoms. The van der Waals surface area contributed by atoms with E-state index in [1.165, 1.54) is 11.3 Å². The molecule has 2 rings (SSSR count). The highest BCUT2D eigenvalue weighted by atomic mass is 79.9. The lowest BCUT2D eigenvalue weighted by atomic mass is 10.1. The third-order valence-corrected chi connectivity index (χ3v) is 5.92. The average Bonchev–Trinajstić information content (AvgIpc) is 2.70. The maximum absolute atomic E-state index is 12.1. The van der Waals surface area contributed by atoms with Crippen LogP contribution in [0.3, 0.4) is 0 Å². The van der Waals surface area contributed by atoms with Crippen LogP contribution in [0.1, 0.15) is 11.1 Å². The molecule has 0 fully saturated rings. The molecule has 1 aromatic carbocycles. The van der Waals surface area contributed by atoms with E-state index < -0.39 is 10.0 Å². The SMILES string of the molecule is Cc1ccc(NS(=O)(=O)c2ccc(Br)s2)c(C)c1. The molecule has 1 heterocycles. The van der Waals surface area contributed by atoms with E-state index in [4.69, 9.17) is 0 Å². The van der Waals surface area contributed by atoms with Gasteiger partial charge >= 0.3 is 0 Å². The predicted octanol–water partition coefficient (Wildman–Crippen LogP) is 3.93. The number of sulfonamides is 1. The lowest BCUT2D eigenvalue weighted by Crippen LogP contribution is -2.12. The molecule has 0 bridgehead atoms. The highest BCUT2D eigenvalue weighted by Gasteiger charge is 2.17. The fourth-order valence-electron chi connectivity index (χ4n) is 1.57. The van der Waals surface area contributed by atoms with Gasteiger partial charge in [-0.3, -0.25) is 4.72 Å². The van der Waals surface area contributed by atoms with Gasteiger partial charge in [0.05, 0.1) is 9.47 Å². The predicted molar refractivity (Wildman–Crippen MR) is 78.7 cm³/mol. The summed E-state index contributed by atoms with van der Waals surface area (Å²) >= 11 is 4.45. The molecule has 0 spiro atoms. The molecule has 0 atom stereocenters. The summed E-state index contributed by atoms with van der Waals surface area (Å²) in [5.74, 6) is 0. The zero-order valence-corrected chi connectivity index (χ0v) is 13.1. The van der Waals surface area contributed by atoms with Crippen molar-refractivity contribution in [2.24, 2.45) is 0 Å². The molecule has 0 aliphatic heterocycles. The van der Waals surface area contributed by atoms with Crippen LogP contribution >= 0.6 is 27.3 Å². The molecule has 96 valence electrons.